The lowest BCUT2D eigenvalue weighted by Gasteiger charge is -2.27. The van der Waals surface area contributed by atoms with E-state index in [1.165, 1.54) is 17.0 Å². The molecule has 0 atom stereocenters. The zero-order valence-corrected chi connectivity index (χ0v) is 18.5. The fourth-order valence-electron chi connectivity index (χ4n) is 3.77. The molecule has 33 heavy (non-hydrogen) atoms. The highest BCUT2D eigenvalue weighted by Gasteiger charge is 2.19. The van der Waals surface area contributed by atoms with Crippen molar-refractivity contribution in [3.05, 3.63) is 69.4 Å². The maximum absolute atomic E-state index is 13.5. The van der Waals surface area contributed by atoms with Crippen molar-refractivity contribution in [1.82, 2.24) is 4.90 Å². The van der Waals surface area contributed by atoms with Gasteiger partial charge in [0.1, 0.15) is 5.58 Å². The van der Waals surface area contributed by atoms with Crippen molar-refractivity contribution in [3.8, 4) is 0 Å². The molecule has 174 valence electrons. The number of hydrogen-bond donors (Lipinski definition) is 1. The molecule has 2 aromatic carbocycles. The van der Waals surface area contributed by atoms with E-state index in [1.54, 1.807) is 26.2 Å². The molecule has 0 aliphatic carbocycles. The first-order chi connectivity index (χ1) is 15.8. The van der Waals surface area contributed by atoms with Gasteiger partial charge >= 0.3 is 0 Å². The molecule has 4 rings (SSSR count). The lowest BCUT2D eigenvalue weighted by molar-refractivity contribution is 0.0827. The molecule has 2 heterocycles. The Kier molecular flexibility index (Phi) is 6.60. The molecule has 0 radical (unpaired) electrons. The predicted octanol–water partition coefficient (Wildman–Crippen LogP) is 3.26. The Hall–Kier alpha value is -3.46. The number of hydrogen-bond acceptors (Lipinski definition) is 6. The molecular formula is C24H25F2N3O4. The molecule has 1 aromatic heterocycles. The largest absolute Gasteiger partial charge is 0.440 e. The molecule has 7 nitrogen and oxygen atoms in total. The topological polar surface area (TPSA) is 75.0 Å². The molecule has 1 aliphatic heterocycles. The number of benzene rings is 2. The van der Waals surface area contributed by atoms with Crippen LogP contribution in [-0.2, 0) is 11.2 Å². The van der Waals surface area contributed by atoms with Gasteiger partial charge in [0.25, 0.3) is 5.91 Å². The third kappa shape index (κ3) is 4.98. The minimum atomic E-state index is -0.940. The van der Waals surface area contributed by atoms with E-state index in [-0.39, 0.29) is 11.3 Å². The second-order valence-corrected chi connectivity index (χ2v) is 8.07. The fourth-order valence-corrected chi connectivity index (χ4v) is 3.77. The lowest BCUT2D eigenvalue weighted by Crippen LogP contribution is -2.36. The number of anilines is 2. The summed E-state index contributed by atoms with van der Waals surface area (Å²) in [6.07, 6.45) is 0.388. The number of nitrogens with one attached hydrogen (secondary N) is 1. The van der Waals surface area contributed by atoms with Gasteiger partial charge in [-0.05, 0) is 42.3 Å². The normalized spacial score (nSPS) is 13.9. The summed E-state index contributed by atoms with van der Waals surface area (Å²) in [6, 6.07) is 8.29. The number of carbonyl (C=O) groups is 1. The van der Waals surface area contributed by atoms with Crippen molar-refractivity contribution in [2.24, 2.45) is 0 Å². The van der Waals surface area contributed by atoms with Crippen LogP contribution in [0.4, 0.5) is 20.4 Å². The number of fused-ring (bicyclic) bond motifs is 1. The molecule has 3 aromatic rings. The Bertz CT molecular complexity index is 1240. The summed E-state index contributed by atoms with van der Waals surface area (Å²) in [5.74, 6) is -1.63. The van der Waals surface area contributed by atoms with Crippen molar-refractivity contribution in [2.75, 3.05) is 57.2 Å². The summed E-state index contributed by atoms with van der Waals surface area (Å²) in [5.41, 5.74) is 1.64. The third-order valence-corrected chi connectivity index (χ3v) is 5.51. The van der Waals surface area contributed by atoms with E-state index < -0.39 is 11.6 Å². The molecule has 0 saturated carbocycles. The zero-order valence-electron chi connectivity index (χ0n) is 18.5. The Labute approximate surface area is 189 Å². The Balaban J connectivity index is 1.70. The van der Waals surface area contributed by atoms with Gasteiger partial charge < -0.3 is 24.3 Å². The fraction of sp³-hybridized carbons (Fsp3) is 0.333. The van der Waals surface area contributed by atoms with E-state index in [0.717, 1.165) is 12.1 Å². The van der Waals surface area contributed by atoms with Crippen molar-refractivity contribution >= 4 is 28.4 Å². The molecule has 0 unspecified atom stereocenters. The number of amides is 1. The smallest absolute Gasteiger partial charge is 0.253 e. The molecular weight excluding hydrogens is 432 g/mol. The molecule has 0 spiro atoms. The second kappa shape index (κ2) is 9.58. The minimum Gasteiger partial charge on any atom is -0.440 e. The first kappa shape index (κ1) is 22.7. The van der Waals surface area contributed by atoms with Crippen molar-refractivity contribution in [2.45, 2.75) is 6.42 Å². The van der Waals surface area contributed by atoms with Gasteiger partial charge in [0.05, 0.1) is 18.6 Å². The number of halogens is 2. The average Bonchev–Trinajstić information content (AvgIpc) is 2.81. The Morgan fingerprint density at radius 3 is 2.55 bits per heavy atom. The number of rotatable bonds is 6. The van der Waals surface area contributed by atoms with Gasteiger partial charge in [0, 0.05) is 51.0 Å². The van der Waals surface area contributed by atoms with Crippen LogP contribution in [0.3, 0.4) is 0 Å². The molecule has 1 aliphatic rings. The zero-order chi connectivity index (χ0) is 23.5. The lowest BCUT2D eigenvalue weighted by atomic mass is 10.0. The van der Waals surface area contributed by atoms with E-state index in [0.29, 0.717) is 72.9 Å². The summed E-state index contributed by atoms with van der Waals surface area (Å²) in [6.45, 7) is 2.66. The number of morpholine rings is 1. The summed E-state index contributed by atoms with van der Waals surface area (Å²) < 4.78 is 38.2. The van der Waals surface area contributed by atoms with Gasteiger partial charge in [-0.2, -0.15) is 0 Å². The average molecular weight is 457 g/mol. The van der Waals surface area contributed by atoms with Crippen molar-refractivity contribution < 1.29 is 22.7 Å². The maximum Gasteiger partial charge on any atom is 0.253 e. The minimum absolute atomic E-state index is 0.233. The summed E-state index contributed by atoms with van der Waals surface area (Å²) in [7, 11) is 3.28. The maximum atomic E-state index is 13.5. The number of ether oxygens (including phenoxy) is 1. The summed E-state index contributed by atoms with van der Waals surface area (Å²) in [5, 5.41) is 3.36. The van der Waals surface area contributed by atoms with Crippen LogP contribution in [0.5, 0.6) is 0 Å². The van der Waals surface area contributed by atoms with E-state index >= 15 is 0 Å². The van der Waals surface area contributed by atoms with Gasteiger partial charge in [-0.3, -0.25) is 9.59 Å². The van der Waals surface area contributed by atoms with Crippen LogP contribution in [0, 0.1) is 11.6 Å². The van der Waals surface area contributed by atoms with Gasteiger partial charge in [-0.1, -0.05) is 0 Å². The monoisotopic (exact) mass is 457 g/mol. The predicted molar refractivity (Wildman–Crippen MR) is 122 cm³/mol. The molecule has 9 heteroatoms. The van der Waals surface area contributed by atoms with E-state index in [1.807, 2.05) is 4.90 Å². The third-order valence-electron chi connectivity index (χ3n) is 5.51. The van der Waals surface area contributed by atoms with Crippen LogP contribution < -0.4 is 15.6 Å². The molecule has 1 N–H and O–H groups in total. The van der Waals surface area contributed by atoms with Gasteiger partial charge in [-0.15, -0.1) is 0 Å². The van der Waals surface area contributed by atoms with Crippen LogP contribution >= 0.6 is 0 Å². The SMILES string of the molecule is CN(C)C(=O)c1cc(CCNc2ccc(F)c(F)c2)c2oc(N3CCOCC3)cc(=O)c2c1. The molecule has 1 fully saturated rings. The quantitative estimate of drug-likeness (QED) is 0.613. The standard InChI is InChI=1S/C24H25F2N3O4/c1-28(2)24(31)16-11-15(5-6-27-17-3-4-19(25)20(26)13-17)23-18(12-16)21(30)14-22(33-23)29-7-9-32-10-8-29/h3-4,11-14,27H,5-10H2,1-2H3. The molecule has 0 bridgehead atoms. The van der Waals surface area contributed by atoms with Crippen molar-refractivity contribution in [3.63, 3.8) is 0 Å². The van der Waals surface area contributed by atoms with Crippen LogP contribution in [0.1, 0.15) is 15.9 Å². The van der Waals surface area contributed by atoms with Gasteiger partial charge in [0.2, 0.25) is 0 Å². The second-order valence-electron chi connectivity index (χ2n) is 8.07. The highest BCUT2D eigenvalue weighted by atomic mass is 19.2. The summed E-state index contributed by atoms with van der Waals surface area (Å²) >= 11 is 0. The Morgan fingerprint density at radius 1 is 1.09 bits per heavy atom. The molecule has 1 saturated heterocycles. The number of nitrogens with zero attached hydrogens (tertiary/aromatic N) is 2. The summed E-state index contributed by atoms with van der Waals surface area (Å²) in [4.78, 5) is 29.0. The van der Waals surface area contributed by atoms with E-state index in [9.17, 15) is 18.4 Å². The van der Waals surface area contributed by atoms with Gasteiger partial charge in [0.15, 0.2) is 22.9 Å². The highest BCUT2D eigenvalue weighted by molar-refractivity contribution is 5.98. The van der Waals surface area contributed by atoms with Crippen molar-refractivity contribution in [1.29, 1.82) is 0 Å². The first-order valence-electron chi connectivity index (χ1n) is 10.7. The van der Waals surface area contributed by atoms with Crippen LogP contribution in [0.2, 0.25) is 0 Å². The van der Waals surface area contributed by atoms with E-state index in [2.05, 4.69) is 5.32 Å². The molecule has 1 amide bonds. The van der Waals surface area contributed by atoms with Crippen LogP contribution in [0.15, 0.2) is 45.6 Å². The first-order valence-corrected chi connectivity index (χ1v) is 10.7. The van der Waals surface area contributed by atoms with Gasteiger partial charge in [-0.25, -0.2) is 8.78 Å². The number of carbonyl (C=O) groups excluding carboxylic acids is 1. The van der Waals surface area contributed by atoms with Crippen LogP contribution in [-0.4, -0.2) is 57.8 Å². The van der Waals surface area contributed by atoms with Crippen LogP contribution in [0.25, 0.3) is 11.0 Å². The highest BCUT2D eigenvalue weighted by Crippen LogP contribution is 2.26. The Morgan fingerprint density at radius 2 is 1.85 bits per heavy atom. The van der Waals surface area contributed by atoms with E-state index in [4.69, 9.17) is 9.15 Å².